The van der Waals surface area contributed by atoms with Crippen LogP contribution in [0.2, 0.25) is 0 Å². The van der Waals surface area contributed by atoms with Gasteiger partial charge in [-0.25, -0.2) is 0 Å². The second kappa shape index (κ2) is 7.17. The van der Waals surface area contributed by atoms with Crippen LogP contribution in [0, 0.1) is 0 Å². The Morgan fingerprint density at radius 2 is 1.93 bits per heavy atom. The summed E-state index contributed by atoms with van der Waals surface area (Å²) in [6, 6.07) is 3.25. The Hall–Kier alpha value is -2.79. The van der Waals surface area contributed by atoms with Crippen molar-refractivity contribution in [2.75, 3.05) is 13.1 Å². The van der Waals surface area contributed by atoms with Gasteiger partial charge in [-0.1, -0.05) is 12.1 Å². The zero-order valence-electron chi connectivity index (χ0n) is 15.8. The molecular weight excluding hydrogens is 405 g/mol. The van der Waals surface area contributed by atoms with E-state index in [0.717, 1.165) is 4.90 Å². The van der Waals surface area contributed by atoms with Crippen LogP contribution in [0.5, 0.6) is 0 Å². The van der Waals surface area contributed by atoms with E-state index in [2.05, 4.69) is 16.0 Å². The van der Waals surface area contributed by atoms with Crippen LogP contribution in [0.3, 0.4) is 0 Å². The highest BCUT2D eigenvalue weighted by molar-refractivity contribution is 6.24. The molecule has 1 aromatic carbocycles. The molecule has 0 bridgehead atoms. The van der Waals surface area contributed by atoms with E-state index >= 15 is 0 Å². The molecule has 0 spiro atoms. The second-order valence-electron chi connectivity index (χ2n) is 7.65. The van der Waals surface area contributed by atoms with Gasteiger partial charge >= 0.3 is 6.18 Å². The number of carbonyl (C=O) groups is 4. The minimum absolute atomic E-state index is 0.00652. The number of hydrogen-bond donors (Lipinski definition) is 3. The molecule has 3 heterocycles. The number of halogens is 3. The van der Waals surface area contributed by atoms with E-state index in [1.165, 1.54) is 18.2 Å². The number of hydrogen-bond acceptors (Lipinski definition) is 6. The van der Waals surface area contributed by atoms with Crippen molar-refractivity contribution in [3.05, 3.63) is 34.9 Å². The fourth-order valence-corrected chi connectivity index (χ4v) is 4.18. The first-order valence-corrected chi connectivity index (χ1v) is 9.50. The second-order valence-corrected chi connectivity index (χ2v) is 7.65. The maximum absolute atomic E-state index is 13.6. The topological polar surface area (TPSA) is 108 Å². The number of piperidine rings is 1. The molecule has 2 fully saturated rings. The van der Waals surface area contributed by atoms with Gasteiger partial charge in [0.1, 0.15) is 11.6 Å². The van der Waals surface area contributed by atoms with Gasteiger partial charge in [-0.3, -0.25) is 34.7 Å². The normalized spacial score (nSPS) is 26.9. The third kappa shape index (κ3) is 3.18. The lowest BCUT2D eigenvalue weighted by atomic mass is 9.96. The number of alkyl halides is 3. The van der Waals surface area contributed by atoms with Gasteiger partial charge in [-0.15, -0.1) is 0 Å². The van der Waals surface area contributed by atoms with Crippen molar-refractivity contribution in [1.29, 1.82) is 0 Å². The zero-order valence-corrected chi connectivity index (χ0v) is 15.8. The highest BCUT2D eigenvalue weighted by atomic mass is 19.4. The summed E-state index contributed by atoms with van der Waals surface area (Å²) in [6.45, 7) is -0.354. The summed E-state index contributed by atoms with van der Waals surface area (Å²) >= 11 is 0. The largest absolute Gasteiger partial charge is 0.407 e. The van der Waals surface area contributed by atoms with Crippen molar-refractivity contribution in [2.45, 2.75) is 43.6 Å². The van der Waals surface area contributed by atoms with Crippen LogP contribution >= 0.6 is 0 Å². The molecule has 8 nitrogen and oxygen atoms in total. The van der Waals surface area contributed by atoms with Crippen LogP contribution in [0.15, 0.2) is 18.2 Å². The quantitative estimate of drug-likeness (QED) is 0.607. The third-order valence-corrected chi connectivity index (χ3v) is 5.87. The van der Waals surface area contributed by atoms with Crippen molar-refractivity contribution in [1.82, 2.24) is 20.9 Å². The summed E-state index contributed by atoms with van der Waals surface area (Å²) in [5.74, 6) is -2.67. The molecule has 4 amide bonds. The molecule has 0 saturated carbocycles. The van der Waals surface area contributed by atoms with Crippen LogP contribution in [0.25, 0.3) is 0 Å². The van der Waals surface area contributed by atoms with Gasteiger partial charge in [-0.2, -0.15) is 13.2 Å². The van der Waals surface area contributed by atoms with Crippen molar-refractivity contribution in [2.24, 2.45) is 0 Å². The molecule has 11 heteroatoms. The predicted molar refractivity (Wildman–Crippen MR) is 96.2 cm³/mol. The summed E-state index contributed by atoms with van der Waals surface area (Å²) in [5, 5.41) is 7.34. The summed E-state index contributed by atoms with van der Waals surface area (Å²) in [5.41, 5.74) is -1.85. The molecule has 0 aromatic heterocycles. The SMILES string of the molecule is O=C1CCC(N2C(=O)c3cccc(CNC4(C(F)(F)F)CCNC4)c3C2=O)C(=O)N1. The number of nitrogens with one attached hydrogen (secondary N) is 3. The van der Waals surface area contributed by atoms with Crippen LogP contribution in [-0.4, -0.2) is 59.4 Å². The number of carbonyl (C=O) groups excluding carboxylic acids is 4. The maximum Gasteiger partial charge on any atom is 0.407 e. The van der Waals surface area contributed by atoms with Gasteiger partial charge < -0.3 is 5.32 Å². The fourth-order valence-electron chi connectivity index (χ4n) is 4.18. The molecule has 2 atom stereocenters. The Kier molecular flexibility index (Phi) is 4.89. The summed E-state index contributed by atoms with van der Waals surface area (Å²) in [7, 11) is 0. The Labute approximate surface area is 169 Å². The highest BCUT2D eigenvalue weighted by Gasteiger charge is 2.56. The van der Waals surface area contributed by atoms with Gasteiger partial charge in [0.05, 0.1) is 11.1 Å². The minimum Gasteiger partial charge on any atom is -0.314 e. The molecule has 0 radical (unpaired) electrons. The van der Waals surface area contributed by atoms with Gasteiger partial charge in [0, 0.05) is 19.5 Å². The number of fused-ring (bicyclic) bond motifs is 1. The van der Waals surface area contributed by atoms with Gasteiger partial charge in [0.2, 0.25) is 11.8 Å². The van der Waals surface area contributed by atoms with Crippen LogP contribution in [0.1, 0.15) is 45.5 Å². The highest BCUT2D eigenvalue weighted by Crippen LogP contribution is 2.36. The Bertz CT molecular complexity index is 940. The van der Waals surface area contributed by atoms with Gasteiger partial charge in [-0.05, 0) is 31.0 Å². The standard InChI is InChI=1S/C19H19F3N4O4/c20-19(21,22)18(6-7-23-9-18)24-8-10-2-1-3-11-14(10)17(30)26(16(11)29)12-4-5-13(27)25-15(12)28/h1-3,12,23-24H,4-9H2,(H,25,27,28). The minimum atomic E-state index is -4.49. The lowest BCUT2D eigenvalue weighted by Gasteiger charge is -2.32. The fraction of sp³-hybridized carbons (Fsp3) is 0.474. The lowest BCUT2D eigenvalue weighted by molar-refractivity contribution is -0.191. The van der Waals surface area contributed by atoms with E-state index in [1.54, 1.807) is 0 Å². The molecule has 2 saturated heterocycles. The van der Waals surface area contributed by atoms with Crippen molar-refractivity contribution in [3.63, 3.8) is 0 Å². The van der Waals surface area contributed by atoms with Crippen LogP contribution in [0.4, 0.5) is 13.2 Å². The number of rotatable bonds is 4. The predicted octanol–water partition coefficient (Wildman–Crippen LogP) is 0.472. The van der Waals surface area contributed by atoms with E-state index in [4.69, 9.17) is 0 Å². The van der Waals surface area contributed by atoms with Gasteiger partial charge in [0.15, 0.2) is 0 Å². The van der Waals surface area contributed by atoms with E-state index in [0.29, 0.717) is 0 Å². The summed E-state index contributed by atoms with van der Waals surface area (Å²) in [6.07, 6.45) is -4.65. The van der Waals surface area contributed by atoms with Crippen molar-refractivity contribution < 1.29 is 32.3 Å². The third-order valence-electron chi connectivity index (χ3n) is 5.87. The monoisotopic (exact) mass is 424 g/mol. The average molecular weight is 424 g/mol. The molecule has 30 heavy (non-hydrogen) atoms. The molecule has 1 aromatic rings. The Balaban J connectivity index is 1.61. The Morgan fingerprint density at radius 1 is 1.17 bits per heavy atom. The van der Waals surface area contributed by atoms with E-state index in [-0.39, 0.29) is 55.6 Å². The first kappa shape index (κ1) is 20.5. The molecular formula is C19H19F3N4O4. The first-order chi connectivity index (χ1) is 14.1. The number of nitrogens with zero attached hydrogens (tertiary/aromatic N) is 1. The van der Waals surface area contributed by atoms with E-state index < -0.39 is 41.4 Å². The number of amides is 4. The molecule has 3 N–H and O–H groups in total. The lowest BCUT2D eigenvalue weighted by Crippen LogP contribution is -2.58. The molecule has 3 aliphatic rings. The van der Waals surface area contributed by atoms with Crippen molar-refractivity contribution in [3.8, 4) is 0 Å². The zero-order chi connectivity index (χ0) is 21.7. The molecule has 3 aliphatic heterocycles. The maximum atomic E-state index is 13.6. The van der Waals surface area contributed by atoms with E-state index in [9.17, 15) is 32.3 Å². The molecule has 4 rings (SSSR count). The Morgan fingerprint density at radius 3 is 2.57 bits per heavy atom. The number of benzene rings is 1. The first-order valence-electron chi connectivity index (χ1n) is 9.50. The van der Waals surface area contributed by atoms with Gasteiger partial charge in [0.25, 0.3) is 11.8 Å². The summed E-state index contributed by atoms with van der Waals surface area (Å²) < 4.78 is 40.8. The molecule has 0 aliphatic carbocycles. The number of imide groups is 2. The van der Waals surface area contributed by atoms with Crippen LogP contribution < -0.4 is 16.0 Å². The van der Waals surface area contributed by atoms with Crippen LogP contribution in [-0.2, 0) is 16.1 Å². The van der Waals surface area contributed by atoms with E-state index in [1.807, 2.05) is 0 Å². The van der Waals surface area contributed by atoms with Crippen molar-refractivity contribution >= 4 is 23.6 Å². The summed E-state index contributed by atoms with van der Waals surface area (Å²) in [4.78, 5) is 50.1. The average Bonchev–Trinajstić information content (AvgIpc) is 3.26. The smallest absolute Gasteiger partial charge is 0.314 e. The molecule has 2 unspecified atom stereocenters. The molecule has 160 valence electrons.